The molecule has 0 radical (unpaired) electrons. The van der Waals surface area contributed by atoms with Crippen LogP contribution >= 0.6 is 11.8 Å². The van der Waals surface area contributed by atoms with Crippen LogP contribution in [0.25, 0.3) is 0 Å². The molecule has 1 heterocycles. The number of nitrogens with zero attached hydrogens (tertiary/aromatic N) is 1. The first kappa shape index (κ1) is 14.7. The highest BCUT2D eigenvalue weighted by atomic mass is 32.2. The van der Waals surface area contributed by atoms with E-state index in [0.717, 1.165) is 11.8 Å². The predicted molar refractivity (Wildman–Crippen MR) is 61.1 cm³/mol. The van der Waals surface area contributed by atoms with Crippen molar-refractivity contribution in [2.45, 2.75) is 19.8 Å². The van der Waals surface area contributed by atoms with Crippen molar-refractivity contribution in [2.24, 2.45) is 0 Å². The summed E-state index contributed by atoms with van der Waals surface area (Å²) in [5, 5.41) is 0.435. The second kappa shape index (κ2) is 7.12. The first-order valence-corrected chi connectivity index (χ1v) is 6.27. The molecule has 1 aliphatic heterocycles. The van der Waals surface area contributed by atoms with Gasteiger partial charge in [-0.2, -0.15) is 0 Å². The standard InChI is InChI=1S/C10H13NO6S/c1-7(12)18-5-4-16-6-10(15)17-11-8(13)2-3-9(11)14/h2-6H2,1H3. The Kier molecular flexibility index (Phi) is 5.79. The second-order valence-electron chi connectivity index (χ2n) is 3.44. The molecular weight excluding hydrogens is 262 g/mol. The molecule has 0 aromatic carbocycles. The van der Waals surface area contributed by atoms with E-state index in [1.807, 2.05) is 0 Å². The van der Waals surface area contributed by atoms with Crippen molar-refractivity contribution in [1.29, 1.82) is 0 Å². The molecule has 0 aromatic rings. The Morgan fingerprint density at radius 2 is 1.89 bits per heavy atom. The van der Waals surface area contributed by atoms with Crippen molar-refractivity contribution in [3.05, 3.63) is 0 Å². The zero-order valence-corrected chi connectivity index (χ0v) is 10.7. The Hall–Kier alpha value is -1.41. The third-order valence-corrected chi connectivity index (χ3v) is 2.73. The zero-order valence-electron chi connectivity index (χ0n) is 9.84. The molecule has 1 saturated heterocycles. The lowest BCUT2D eigenvalue weighted by atomic mass is 10.4. The van der Waals surface area contributed by atoms with Crippen LogP contribution in [0.1, 0.15) is 19.8 Å². The van der Waals surface area contributed by atoms with Gasteiger partial charge in [-0.25, -0.2) is 4.79 Å². The highest BCUT2D eigenvalue weighted by Gasteiger charge is 2.32. The summed E-state index contributed by atoms with van der Waals surface area (Å²) in [4.78, 5) is 48.6. The molecule has 0 N–H and O–H groups in total. The highest BCUT2D eigenvalue weighted by molar-refractivity contribution is 8.13. The van der Waals surface area contributed by atoms with Crippen molar-refractivity contribution >= 4 is 34.7 Å². The largest absolute Gasteiger partial charge is 0.369 e. The third kappa shape index (κ3) is 4.84. The molecule has 18 heavy (non-hydrogen) atoms. The molecule has 0 atom stereocenters. The molecule has 0 aliphatic carbocycles. The summed E-state index contributed by atoms with van der Waals surface area (Å²) >= 11 is 1.08. The molecule has 1 fully saturated rings. The van der Waals surface area contributed by atoms with Gasteiger partial charge in [0.25, 0.3) is 11.8 Å². The molecule has 1 rings (SSSR count). The summed E-state index contributed by atoms with van der Waals surface area (Å²) in [6.45, 7) is 1.28. The van der Waals surface area contributed by atoms with Gasteiger partial charge in [0.15, 0.2) is 5.12 Å². The average molecular weight is 275 g/mol. The smallest absolute Gasteiger partial charge is 0.358 e. The van der Waals surface area contributed by atoms with Gasteiger partial charge < -0.3 is 9.57 Å². The fourth-order valence-corrected chi connectivity index (χ4v) is 1.67. The average Bonchev–Trinajstić information content (AvgIpc) is 2.60. The first-order chi connectivity index (χ1) is 8.50. The fraction of sp³-hybridized carbons (Fsp3) is 0.600. The summed E-state index contributed by atoms with van der Waals surface area (Å²) < 4.78 is 4.93. The van der Waals surface area contributed by atoms with Crippen LogP contribution in [0.2, 0.25) is 0 Å². The van der Waals surface area contributed by atoms with Gasteiger partial charge in [0.1, 0.15) is 6.61 Å². The molecule has 0 aromatic heterocycles. The SMILES string of the molecule is CC(=O)SCCOCC(=O)ON1C(=O)CCC1=O. The van der Waals surface area contributed by atoms with E-state index in [1.54, 1.807) is 0 Å². The van der Waals surface area contributed by atoms with Gasteiger partial charge in [0.05, 0.1) is 6.61 Å². The molecule has 0 saturated carbocycles. The van der Waals surface area contributed by atoms with Crippen LogP contribution in [-0.2, 0) is 28.8 Å². The van der Waals surface area contributed by atoms with Crippen molar-refractivity contribution in [2.75, 3.05) is 19.0 Å². The number of hydrogen-bond acceptors (Lipinski definition) is 7. The summed E-state index contributed by atoms with van der Waals surface area (Å²) in [5.41, 5.74) is 0. The summed E-state index contributed by atoms with van der Waals surface area (Å²) in [5.74, 6) is -1.43. The Morgan fingerprint density at radius 1 is 1.28 bits per heavy atom. The highest BCUT2D eigenvalue weighted by Crippen LogP contribution is 2.12. The Bertz CT molecular complexity index is 353. The Balaban J connectivity index is 2.16. The number of imide groups is 1. The molecular formula is C10H13NO6S. The Morgan fingerprint density at radius 3 is 2.44 bits per heavy atom. The van der Waals surface area contributed by atoms with E-state index < -0.39 is 17.8 Å². The van der Waals surface area contributed by atoms with Crippen LogP contribution in [0.15, 0.2) is 0 Å². The lowest BCUT2D eigenvalue weighted by Crippen LogP contribution is -2.33. The van der Waals surface area contributed by atoms with Crippen molar-refractivity contribution in [3.63, 3.8) is 0 Å². The van der Waals surface area contributed by atoms with Crippen LogP contribution in [0.4, 0.5) is 0 Å². The number of rotatable bonds is 6. The number of ether oxygens (including phenoxy) is 1. The monoisotopic (exact) mass is 275 g/mol. The Labute approximate surface area is 108 Å². The van der Waals surface area contributed by atoms with Crippen molar-refractivity contribution in [3.8, 4) is 0 Å². The number of amides is 2. The molecule has 0 unspecified atom stereocenters. The summed E-state index contributed by atoms with van der Waals surface area (Å²) in [7, 11) is 0. The molecule has 0 spiro atoms. The number of carbonyl (C=O) groups excluding carboxylic acids is 4. The number of hydrogen-bond donors (Lipinski definition) is 0. The lowest BCUT2D eigenvalue weighted by Gasteiger charge is -2.12. The van der Waals surface area contributed by atoms with Gasteiger partial charge in [-0.1, -0.05) is 11.8 Å². The van der Waals surface area contributed by atoms with Crippen LogP contribution in [0, 0.1) is 0 Å². The molecule has 1 aliphatic rings. The van der Waals surface area contributed by atoms with Gasteiger partial charge in [-0.3, -0.25) is 14.4 Å². The number of carbonyl (C=O) groups is 4. The van der Waals surface area contributed by atoms with E-state index in [2.05, 4.69) is 4.84 Å². The minimum atomic E-state index is -0.813. The molecule has 0 bridgehead atoms. The minimum absolute atomic E-state index is 0.0329. The predicted octanol–water partition coefficient (Wildman–Crippen LogP) is -0.110. The van der Waals surface area contributed by atoms with E-state index >= 15 is 0 Å². The fourth-order valence-electron chi connectivity index (χ4n) is 1.19. The molecule has 8 heteroatoms. The normalized spacial score (nSPS) is 15.1. The topological polar surface area (TPSA) is 90.0 Å². The zero-order chi connectivity index (χ0) is 13.5. The van der Waals surface area contributed by atoms with Gasteiger partial charge in [0.2, 0.25) is 0 Å². The number of hydroxylamine groups is 2. The lowest BCUT2D eigenvalue weighted by molar-refractivity contribution is -0.200. The van der Waals surface area contributed by atoms with Crippen LogP contribution < -0.4 is 0 Å². The quantitative estimate of drug-likeness (QED) is 0.493. The summed E-state index contributed by atoms with van der Waals surface area (Å²) in [6, 6.07) is 0. The van der Waals surface area contributed by atoms with Crippen molar-refractivity contribution < 1.29 is 28.8 Å². The number of thioether (sulfide) groups is 1. The molecule has 7 nitrogen and oxygen atoms in total. The molecule has 2 amide bonds. The van der Waals surface area contributed by atoms with Gasteiger partial charge >= 0.3 is 5.97 Å². The minimum Gasteiger partial charge on any atom is -0.369 e. The van der Waals surface area contributed by atoms with E-state index in [0.29, 0.717) is 10.8 Å². The van der Waals surface area contributed by atoms with Gasteiger partial charge in [-0.05, 0) is 0 Å². The van der Waals surface area contributed by atoms with E-state index in [-0.39, 0.29) is 31.2 Å². The second-order valence-corrected chi connectivity index (χ2v) is 4.71. The van der Waals surface area contributed by atoms with Gasteiger partial charge in [0, 0.05) is 25.5 Å². The van der Waals surface area contributed by atoms with E-state index in [4.69, 9.17) is 4.74 Å². The van der Waals surface area contributed by atoms with E-state index in [1.165, 1.54) is 6.92 Å². The van der Waals surface area contributed by atoms with Crippen molar-refractivity contribution in [1.82, 2.24) is 5.06 Å². The maximum Gasteiger partial charge on any atom is 0.358 e. The van der Waals surface area contributed by atoms with Crippen LogP contribution in [0.5, 0.6) is 0 Å². The molecule has 100 valence electrons. The first-order valence-electron chi connectivity index (χ1n) is 5.28. The van der Waals surface area contributed by atoms with Gasteiger partial charge in [-0.15, -0.1) is 5.06 Å². The third-order valence-electron chi connectivity index (χ3n) is 1.95. The maximum atomic E-state index is 11.2. The van der Waals surface area contributed by atoms with Crippen LogP contribution in [0.3, 0.4) is 0 Å². The maximum absolute atomic E-state index is 11.2. The summed E-state index contributed by atoms with van der Waals surface area (Å²) in [6.07, 6.45) is 0.116. The van der Waals surface area contributed by atoms with Crippen LogP contribution in [-0.4, -0.2) is 46.9 Å². The van der Waals surface area contributed by atoms with E-state index in [9.17, 15) is 19.2 Å².